The summed E-state index contributed by atoms with van der Waals surface area (Å²) >= 11 is 0. The molecule has 2 aromatic rings. The molecule has 11 heteroatoms. The van der Waals surface area contributed by atoms with Crippen LogP contribution in [0.15, 0.2) is 18.2 Å². The minimum Gasteiger partial charge on any atom is -0.496 e. The molecule has 1 aliphatic carbocycles. The molecule has 0 radical (unpaired) electrons. The van der Waals surface area contributed by atoms with Crippen molar-refractivity contribution in [1.29, 1.82) is 0 Å². The standard InChI is InChI=1S/C25H32N4O7/c1-25(2)7-8-29(25)24(32)36-16-6-5-15(9-16)19-12-22(28-27-19)26-23(31)14-35-21-11-17(33-3)10-20(34-4)18(21)13-30/h10-13,15-16H,5-9,14H2,1-4H3,(H2,26,27,28,31)/t15-,16+/m0/s1. The lowest BCUT2D eigenvalue weighted by atomic mass is 9.90. The van der Waals surface area contributed by atoms with E-state index < -0.39 is 5.91 Å². The first kappa shape index (κ1) is 25.3. The number of carbonyl (C=O) groups excluding carboxylic acids is 3. The van der Waals surface area contributed by atoms with Gasteiger partial charge in [0.05, 0.1) is 19.8 Å². The van der Waals surface area contributed by atoms with Crippen LogP contribution in [0.25, 0.3) is 0 Å². The zero-order valence-corrected chi connectivity index (χ0v) is 21.0. The fraction of sp³-hybridized carbons (Fsp3) is 0.520. The number of aromatic nitrogens is 2. The maximum absolute atomic E-state index is 12.4. The van der Waals surface area contributed by atoms with Crippen LogP contribution in [0.3, 0.4) is 0 Å². The Kier molecular flexibility index (Phi) is 7.37. The number of aromatic amines is 1. The molecule has 11 nitrogen and oxygen atoms in total. The molecule has 2 amide bonds. The molecule has 36 heavy (non-hydrogen) atoms. The number of anilines is 1. The summed E-state index contributed by atoms with van der Waals surface area (Å²) in [5, 5.41) is 9.83. The van der Waals surface area contributed by atoms with Gasteiger partial charge in [-0.3, -0.25) is 14.7 Å². The van der Waals surface area contributed by atoms with Crippen molar-refractivity contribution in [2.24, 2.45) is 0 Å². The van der Waals surface area contributed by atoms with Crippen LogP contribution in [0.5, 0.6) is 17.2 Å². The lowest BCUT2D eigenvalue weighted by molar-refractivity contribution is -0.118. The third-order valence-corrected chi connectivity index (χ3v) is 6.87. The van der Waals surface area contributed by atoms with Crippen LogP contribution in [0.4, 0.5) is 10.6 Å². The van der Waals surface area contributed by atoms with Gasteiger partial charge in [0.15, 0.2) is 18.7 Å². The average molecular weight is 501 g/mol. The van der Waals surface area contributed by atoms with Gasteiger partial charge in [-0.2, -0.15) is 5.10 Å². The number of nitrogens with one attached hydrogen (secondary N) is 2. The summed E-state index contributed by atoms with van der Waals surface area (Å²) in [5.74, 6) is 0.959. The first-order valence-electron chi connectivity index (χ1n) is 11.9. The quantitative estimate of drug-likeness (QED) is 0.500. The van der Waals surface area contributed by atoms with Gasteiger partial charge in [0, 0.05) is 41.9 Å². The Bertz CT molecular complexity index is 1130. The molecule has 1 saturated carbocycles. The summed E-state index contributed by atoms with van der Waals surface area (Å²) in [6, 6.07) is 4.84. The Morgan fingerprint density at radius 1 is 1.19 bits per heavy atom. The summed E-state index contributed by atoms with van der Waals surface area (Å²) in [4.78, 5) is 38.1. The van der Waals surface area contributed by atoms with Gasteiger partial charge in [-0.25, -0.2) is 4.79 Å². The van der Waals surface area contributed by atoms with Crippen LogP contribution in [-0.2, 0) is 9.53 Å². The normalized spacial score (nSPS) is 20.3. The number of H-pyrrole nitrogens is 1. The van der Waals surface area contributed by atoms with E-state index in [1.165, 1.54) is 20.3 Å². The predicted octanol–water partition coefficient (Wildman–Crippen LogP) is 3.51. The van der Waals surface area contributed by atoms with E-state index in [2.05, 4.69) is 15.5 Å². The number of likely N-dealkylation sites (tertiary alicyclic amines) is 1. The van der Waals surface area contributed by atoms with Crippen LogP contribution in [-0.4, -0.2) is 72.4 Å². The molecule has 194 valence electrons. The second-order valence-corrected chi connectivity index (χ2v) is 9.63. The van der Waals surface area contributed by atoms with Gasteiger partial charge >= 0.3 is 6.09 Å². The average Bonchev–Trinajstić information content (AvgIpc) is 3.50. The molecule has 2 aliphatic rings. The second kappa shape index (κ2) is 10.5. The zero-order chi connectivity index (χ0) is 25.9. The maximum Gasteiger partial charge on any atom is 0.410 e. The number of carbonyl (C=O) groups is 3. The fourth-order valence-electron chi connectivity index (χ4n) is 4.58. The van der Waals surface area contributed by atoms with Crippen molar-refractivity contribution >= 4 is 24.1 Å². The molecule has 2 atom stereocenters. The first-order chi connectivity index (χ1) is 17.2. The molecule has 0 unspecified atom stereocenters. The molecule has 4 rings (SSSR count). The highest BCUT2D eigenvalue weighted by Crippen LogP contribution is 2.37. The minimum absolute atomic E-state index is 0.136. The van der Waals surface area contributed by atoms with Crippen LogP contribution in [0, 0.1) is 0 Å². The number of rotatable bonds is 9. The lowest BCUT2D eigenvalue weighted by Crippen LogP contribution is -2.58. The summed E-state index contributed by atoms with van der Waals surface area (Å²) in [5.41, 5.74) is 0.917. The number of nitrogens with zero attached hydrogens (tertiary/aromatic N) is 2. The summed E-state index contributed by atoms with van der Waals surface area (Å²) in [6.45, 7) is 4.47. The molecular formula is C25H32N4O7. The summed E-state index contributed by atoms with van der Waals surface area (Å²) < 4.78 is 21.7. The molecule has 0 bridgehead atoms. The number of benzene rings is 1. The van der Waals surface area contributed by atoms with E-state index in [-0.39, 0.29) is 47.3 Å². The molecule has 2 N–H and O–H groups in total. The van der Waals surface area contributed by atoms with Crippen molar-refractivity contribution in [3.63, 3.8) is 0 Å². The third kappa shape index (κ3) is 5.39. The van der Waals surface area contributed by atoms with E-state index in [0.717, 1.165) is 31.5 Å². The van der Waals surface area contributed by atoms with E-state index in [0.29, 0.717) is 24.3 Å². The van der Waals surface area contributed by atoms with Crippen molar-refractivity contribution < 1.29 is 33.3 Å². The number of amides is 2. The Balaban J connectivity index is 1.29. The number of methoxy groups -OCH3 is 2. The smallest absolute Gasteiger partial charge is 0.410 e. The molecule has 1 aliphatic heterocycles. The highest BCUT2D eigenvalue weighted by atomic mass is 16.6. The predicted molar refractivity (Wildman–Crippen MR) is 130 cm³/mol. The molecular weight excluding hydrogens is 468 g/mol. The first-order valence-corrected chi connectivity index (χ1v) is 11.9. The maximum atomic E-state index is 12.4. The molecule has 0 spiro atoms. The fourth-order valence-corrected chi connectivity index (χ4v) is 4.58. The Labute approximate surface area is 209 Å². The van der Waals surface area contributed by atoms with E-state index in [1.54, 1.807) is 17.0 Å². The van der Waals surface area contributed by atoms with Crippen LogP contribution < -0.4 is 19.5 Å². The Hall–Kier alpha value is -3.76. The van der Waals surface area contributed by atoms with E-state index in [1.807, 2.05) is 13.8 Å². The van der Waals surface area contributed by atoms with Gasteiger partial charge < -0.3 is 29.2 Å². The van der Waals surface area contributed by atoms with Crippen LogP contribution in [0.1, 0.15) is 61.5 Å². The van der Waals surface area contributed by atoms with Gasteiger partial charge in [0.25, 0.3) is 5.91 Å². The lowest BCUT2D eigenvalue weighted by Gasteiger charge is -2.47. The number of ether oxygens (including phenoxy) is 4. The van der Waals surface area contributed by atoms with Gasteiger partial charge in [-0.1, -0.05) is 0 Å². The van der Waals surface area contributed by atoms with Crippen LogP contribution >= 0.6 is 0 Å². The number of hydrogen-bond donors (Lipinski definition) is 2. The van der Waals surface area contributed by atoms with Gasteiger partial charge in [0.2, 0.25) is 0 Å². The highest BCUT2D eigenvalue weighted by Gasteiger charge is 2.42. The van der Waals surface area contributed by atoms with Crippen molar-refractivity contribution in [2.75, 3.05) is 32.7 Å². The van der Waals surface area contributed by atoms with E-state index in [9.17, 15) is 14.4 Å². The van der Waals surface area contributed by atoms with Gasteiger partial charge in [-0.15, -0.1) is 0 Å². The van der Waals surface area contributed by atoms with E-state index in [4.69, 9.17) is 18.9 Å². The Morgan fingerprint density at radius 3 is 2.61 bits per heavy atom. The number of hydrogen-bond acceptors (Lipinski definition) is 8. The topological polar surface area (TPSA) is 132 Å². The van der Waals surface area contributed by atoms with Crippen molar-refractivity contribution in [3.8, 4) is 17.2 Å². The largest absolute Gasteiger partial charge is 0.496 e. The zero-order valence-electron chi connectivity index (χ0n) is 21.0. The molecule has 1 aromatic heterocycles. The summed E-state index contributed by atoms with van der Waals surface area (Å²) in [6.07, 6.45) is 3.53. The summed E-state index contributed by atoms with van der Waals surface area (Å²) in [7, 11) is 2.90. The highest BCUT2D eigenvalue weighted by molar-refractivity contribution is 5.91. The van der Waals surface area contributed by atoms with Gasteiger partial charge in [0.1, 0.15) is 23.4 Å². The molecule has 1 aromatic carbocycles. The van der Waals surface area contributed by atoms with Crippen molar-refractivity contribution in [3.05, 3.63) is 29.5 Å². The van der Waals surface area contributed by atoms with Crippen molar-refractivity contribution in [2.45, 2.75) is 57.1 Å². The Morgan fingerprint density at radius 2 is 1.97 bits per heavy atom. The van der Waals surface area contributed by atoms with Crippen molar-refractivity contribution in [1.82, 2.24) is 15.1 Å². The monoisotopic (exact) mass is 500 g/mol. The molecule has 1 saturated heterocycles. The van der Waals surface area contributed by atoms with Gasteiger partial charge in [-0.05, 0) is 39.5 Å². The third-order valence-electron chi connectivity index (χ3n) is 6.87. The molecule has 2 heterocycles. The minimum atomic E-state index is -0.443. The SMILES string of the molecule is COc1cc(OC)c(C=O)c(OCC(=O)Nc2cc([C@H]3CC[C@@H](OC(=O)N4CCC4(C)C)C3)[nH]n2)c1. The van der Waals surface area contributed by atoms with Crippen LogP contribution in [0.2, 0.25) is 0 Å². The second-order valence-electron chi connectivity index (χ2n) is 9.63. The van der Waals surface area contributed by atoms with E-state index >= 15 is 0 Å². The molecule has 2 fully saturated rings. The number of aldehydes is 1.